The number of methoxy groups -OCH3 is 1. The smallest absolute Gasteiger partial charge is 0.138 e. The largest absolute Gasteiger partial charge is 0.495 e. The molecule has 0 unspecified atom stereocenters. The number of anilines is 1. The number of benzene rings is 2. The van der Waals surface area contributed by atoms with Crippen molar-refractivity contribution in [3.05, 3.63) is 46.4 Å². The van der Waals surface area contributed by atoms with Crippen molar-refractivity contribution in [2.45, 2.75) is 0 Å². The van der Waals surface area contributed by atoms with Gasteiger partial charge in [0.1, 0.15) is 5.75 Å². The van der Waals surface area contributed by atoms with Gasteiger partial charge in [0.05, 0.1) is 17.2 Å². The summed E-state index contributed by atoms with van der Waals surface area (Å²) in [5, 5.41) is 1.12. The van der Waals surface area contributed by atoms with Crippen LogP contribution in [-0.4, -0.2) is 7.11 Å². The van der Waals surface area contributed by atoms with Crippen LogP contribution in [0.2, 0.25) is 10.0 Å². The average Bonchev–Trinajstić information content (AvgIpc) is 2.33. The third-order valence-corrected chi connectivity index (χ3v) is 3.07. The lowest BCUT2D eigenvalue weighted by Crippen LogP contribution is -1.88. The van der Waals surface area contributed by atoms with Gasteiger partial charge < -0.3 is 10.5 Å². The predicted molar refractivity (Wildman–Crippen MR) is 72.9 cm³/mol. The van der Waals surface area contributed by atoms with Gasteiger partial charge in [-0.2, -0.15) is 0 Å². The molecule has 0 aromatic heterocycles. The minimum atomic E-state index is 0.531. The highest BCUT2D eigenvalue weighted by Crippen LogP contribution is 2.36. The van der Waals surface area contributed by atoms with Crippen LogP contribution in [0.1, 0.15) is 0 Å². The molecule has 0 atom stereocenters. The van der Waals surface area contributed by atoms with Crippen molar-refractivity contribution in [2.75, 3.05) is 12.8 Å². The van der Waals surface area contributed by atoms with Crippen LogP contribution in [0.4, 0.5) is 5.69 Å². The van der Waals surface area contributed by atoms with Crippen LogP contribution in [0, 0.1) is 0 Å². The Morgan fingerprint density at radius 3 is 2.24 bits per heavy atom. The monoisotopic (exact) mass is 267 g/mol. The fraction of sp³-hybridized carbons (Fsp3) is 0.0769. The molecule has 0 aliphatic carbocycles. The fourth-order valence-corrected chi connectivity index (χ4v) is 2.07. The summed E-state index contributed by atoms with van der Waals surface area (Å²) in [6.07, 6.45) is 0. The van der Waals surface area contributed by atoms with Gasteiger partial charge >= 0.3 is 0 Å². The number of halogens is 2. The summed E-state index contributed by atoms with van der Waals surface area (Å²) < 4.78 is 5.10. The maximum atomic E-state index is 6.18. The van der Waals surface area contributed by atoms with E-state index in [9.17, 15) is 0 Å². The molecule has 0 spiro atoms. The lowest BCUT2D eigenvalue weighted by atomic mass is 10.1. The zero-order valence-electron chi connectivity index (χ0n) is 9.21. The molecule has 0 amide bonds. The van der Waals surface area contributed by atoms with Gasteiger partial charge in [-0.1, -0.05) is 35.3 Å². The van der Waals surface area contributed by atoms with E-state index < -0.39 is 0 Å². The molecule has 0 aliphatic heterocycles. The maximum Gasteiger partial charge on any atom is 0.138 e. The highest BCUT2D eigenvalue weighted by molar-refractivity contribution is 6.36. The van der Waals surface area contributed by atoms with E-state index >= 15 is 0 Å². The first kappa shape index (κ1) is 12.1. The molecule has 4 heteroatoms. The molecule has 17 heavy (non-hydrogen) atoms. The Bertz CT molecular complexity index is 538. The molecule has 0 heterocycles. The number of nitrogen functional groups attached to an aromatic ring is 1. The van der Waals surface area contributed by atoms with E-state index in [0.29, 0.717) is 21.5 Å². The van der Waals surface area contributed by atoms with Crippen molar-refractivity contribution < 1.29 is 4.74 Å². The number of hydrogen-bond acceptors (Lipinski definition) is 2. The summed E-state index contributed by atoms with van der Waals surface area (Å²) in [6.45, 7) is 0. The normalized spacial score (nSPS) is 10.3. The van der Waals surface area contributed by atoms with E-state index in [2.05, 4.69) is 0 Å². The van der Waals surface area contributed by atoms with E-state index in [-0.39, 0.29) is 0 Å². The molecule has 2 rings (SSSR count). The van der Waals surface area contributed by atoms with Crippen molar-refractivity contribution in [1.82, 2.24) is 0 Å². The average molecular weight is 268 g/mol. The van der Waals surface area contributed by atoms with Gasteiger partial charge in [0.25, 0.3) is 0 Å². The Morgan fingerprint density at radius 1 is 1.00 bits per heavy atom. The first-order valence-electron chi connectivity index (χ1n) is 5.01. The van der Waals surface area contributed by atoms with Crippen LogP contribution in [0.5, 0.6) is 5.75 Å². The van der Waals surface area contributed by atoms with Gasteiger partial charge in [-0.3, -0.25) is 0 Å². The molecule has 0 bridgehead atoms. The minimum absolute atomic E-state index is 0.531. The maximum absolute atomic E-state index is 6.18. The Labute approximate surface area is 110 Å². The topological polar surface area (TPSA) is 35.2 Å². The molecular formula is C13H11Cl2NO. The molecular weight excluding hydrogens is 257 g/mol. The van der Waals surface area contributed by atoms with Gasteiger partial charge in [-0.25, -0.2) is 0 Å². The van der Waals surface area contributed by atoms with Crippen molar-refractivity contribution in [3.63, 3.8) is 0 Å². The number of nitrogens with two attached hydrogens (primary N) is 1. The van der Waals surface area contributed by atoms with Crippen molar-refractivity contribution in [1.29, 1.82) is 0 Å². The van der Waals surface area contributed by atoms with E-state index in [4.69, 9.17) is 33.7 Å². The molecule has 0 radical (unpaired) electrons. The molecule has 0 fully saturated rings. The van der Waals surface area contributed by atoms with E-state index in [1.165, 1.54) is 0 Å². The predicted octanol–water partition coefficient (Wildman–Crippen LogP) is 4.25. The summed E-state index contributed by atoms with van der Waals surface area (Å²) in [4.78, 5) is 0. The zero-order chi connectivity index (χ0) is 12.4. The third-order valence-electron chi connectivity index (χ3n) is 2.46. The summed E-state index contributed by atoms with van der Waals surface area (Å²) in [5.41, 5.74) is 8.18. The second-order valence-corrected chi connectivity index (χ2v) is 4.40. The molecule has 0 saturated heterocycles. The van der Waals surface area contributed by atoms with Gasteiger partial charge in [0, 0.05) is 17.3 Å². The molecule has 88 valence electrons. The van der Waals surface area contributed by atoms with Crippen LogP contribution in [0.15, 0.2) is 36.4 Å². The Balaban J connectivity index is 2.52. The van der Waals surface area contributed by atoms with Crippen molar-refractivity contribution in [2.24, 2.45) is 0 Å². The summed E-state index contributed by atoms with van der Waals surface area (Å²) in [7, 11) is 1.56. The van der Waals surface area contributed by atoms with E-state index in [1.54, 1.807) is 19.2 Å². The SMILES string of the molecule is COc1cc(Cl)c(-c2ccc(N)cc2)cc1Cl. The molecule has 0 aliphatic rings. The zero-order valence-corrected chi connectivity index (χ0v) is 10.7. The van der Waals surface area contributed by atoms with Gasteiger partial charge in [0.15, 0.2) is 0 Å². The summed E-state index contributed by atoms with van der Waals surface area (Å²) in [5.74, 6) is 0.566. The quantitative estimate of drug-likeness (QED) is 0.826. The van der Waals surface area contributed by atoms with Gasteiger partial charge in [-0.15, -0.1) is 0 Å². The molecule has 2 aromatic rings. The second kappa shape index (κ2) is 4.86. The summed E-state index contributed by atoms with van der Waals surface area (Å²) in [6, 6.07) is 10.9. The number of rotatable bonds is 2. The van der Waals surface area contributed by atoms with Crippen LogP contribution >= 0.6 is 23.2 Å². The Morgan fingerprint density at radius 2 is 1.65 bits per heavy atom. The first-order chi connectivity index (χ1) is 8.11. The van der Waals surface area contributed by atoms with Crippen LogP contribution in [-0.2, 0) is 0 Å². The highest BCUT2D eigenvalue weighted by Gasteiger charge is 2.09. The fourth-order valence-electron chi connectivity index (χ4n) is 1.57. The second-order valence-electron chi connectivity index (χ2n) is 3.59. The van der Waals surface area contributed by atoms with Crippen LogP contribution in [0.25, 0.3) is 11.1 Å². The van der Waals surface area contributed by atoms with Crippen molar-refractivity contribution in [3.8, 4) is 16.9 Å². The highest BCUT2D eigenvalue weighted by atomic mass is 35.5. The van der Waals surface area contributed by atoms with E-state index in [1.807, 2.05) is 24.3 Å². The van der Waals surface area contributed by atoms with Crippen LogP contribution < -0.4 is 10.5 Å². The summed E-state index contributed by atoms with van der Waals surface area (Å²) >= 11 is 12.3. The van der Waals surface area contributed by atoms with Crippen LogP contribution in [0.3, 0.4) is 0 Å². The minimum Gasteiger partial charge on any atom is -0.495 e. The molecule has 2 nitrogen and oxygen atoms in total. The van der Waals surface area contributed by atoms with Gasteiger partial charge in [0.2, 0.25) is 0 Å². The lowest BCUT2D eigenvalue weighted by Gasteiger charge is -2.09. The molecule has 2 N–H and O–H groups in total. The first-order valence-corrected chi connectivity index (χ1v) is 5.76. The number of hydrogen-bond donors (Lipinski definition) is 1. The third kappa shape index (κ3) is 2.48. The Kier molecular flexibility index (Phi) is 3.46. The van der Waals surface area contributed by atoms with Gasteiger partial charge in [-0.05, 0) is 23.8 Å². The molecule has 2 aromatic carbocycles. The Hall–Kier alpha value is -1.38. The molecule has 0 saturated carbocycles. The lowest BCUT2D eigenvalue weighted by molar-refractivity contribution is 0.415. The number of ether oxygens (including phenoxy) is 1. The standard InChI is InChI=1S/C13H11Cl2NO/c1-17-13-7-11(14)10(6-12(13)15)8-2-4-9(16)5-3-8/h2-7H,16H2,1H3. The van der Waals surface area contributed by atoms with Crippen molar-refractivity contribution >= 4 is 28.9 Å². The van der Waals surface area contributed by atoms with E-state index in [0.717, 1.165) is 11.1 Å².